The van der Waals surface area contributed by atoms with Gasteiger partial charge >= 0.3 is 5.97 Å². The molecule has 5 unspecified atom stereocenters. The van der Waals surface area contributed by atoms with E-state index in [0.29, 0.717) is 35.5 Å². The molecule has 41 heavy (non-hydrogen) atoms. The van der Waals surface area contributed by atoms with E-state index in [9.17, 15) is 23.1 Å². The first-order valence-electron chi connectivity index (χ1n) is 14.3. The molecule has 222 valence electrons. The molecule has 1 saturated heterocycles. The molecule has 2 aromatic rings. The van der Waals surface area contributed by atoms with Gasteiger partial charge in [-0.1, -0.05) is 60.8 Å². The van der Waals surface area contributed by atoms with E-state index in [2.05, 4.69) is 4.72 Å². The van der Waals surface area contributed by atoms with E-state index in [1.54, 1.807) is 18.2 Å². The summed E-state index contributed by atoms with van der Waals surface area (Å²) in [7, 11) is -3.41. The Hall–Kier alpha value is -1.70. The molecule has 1 amide bonds. The lowest BCUT2D eigenvalue weighted by Crippen LogP contribution is -2.61. The van der Waals surface area contributed by atoms with E-state index in [-0.39, 0.29) is 39.3 Å². The molecule has 0 bridgehead atoms. The summed E-state index contributed by atoms with van der Waals surface area (Å²) >= 11 is 12.7. The number of sulfonamides is 1. The van der Waals surface area contributed by atoms with Crippen molar-refractivity contribution in [1.82, 2.24) is 9.62 Å². The van der Waals surface area contributed by atoms with Crippen molar-refractivity contribution in [3.63, 3.8) is 0 Å². The van der Waals surface area contributed by atoms with Crippen LogP contribution in [0.2, 0.25) is 10.0 Å². The maximum Gasteiger partial charge on any atom is 0.304 e. The number of nitrogens with one attached hydrogen (secondary N) is 1. The minimum Gasteiger partial charge on any atom is -0.481 e. The van der Waals surface area contributed by atoms with Crippen molar-refractivity contribution in [2.75, 3.05) is 12.7 Å². The van der Waals surface area contributed by atoms with Crippen LogP contribution in [0.1, 0.15) is 75.0 Å². The lowest BCUT2D eigenvalue weighted by Gasteiger charge is -2.53. The van der Waals surface area contributed by atoms with Gasteiger partial charge in [0.05, 0.1) is 22.9 Å². The number of carboxylic acid groups (broad SMARTS) is 1. The number of carbonyl (C=O) groups excluding carboxylic acids is 1. The van der Waals surface area contributed by atoms with Crippen molar-refractivity contribution in [2.24, 2.45) is 5.92 Å². The minimum atomic E-state index is -3.51. The Balaban J connectivity index is 1.65. The zero-order chi connectivity index (χ0) is 29.4. The van der Waals surface area contributed by atoms with Gasteiger partial charge < -0.3 is 10.0 Å². The highest BCUT2D eigenvalue weighted by molar-refractivity contribution is 7.90. The van der Waals surface area contributed by atoms with Crippen molar-refractivity contribution in [2.45, 2.75) is 80.3 Å². The van der Waals surface area contributed by atoms with Gasteiger partial charge in [-0.3, -0.25) is 9.59 Å². The van der Waals surface area contributed by atoms with Crippen molar-refractivity contribution in [3.05, 3.63) is 69.7 Å². The Labute approximate surface area is 254 Å². The fourth-order valence-corrected chi connectivity index (χ4v) is 10.0. The number of halogens is 2. The van der Waals surface area contributed by atoms with E-state index >= 15 is 0 Å². The number of likely N-dealkylation sites (tertiary alicyclic amines) is 1. The van der Waals surface area contributed by atoms with E-state index < -0.39 is 38.5 Å². The first-order valence-corrected chi connectivity index (χ1v) is 17.8. The molecule has 5 rings (SSSR count). The highest BCUT2D eigenvalue weighted by Crippen LogP contribution is 2.56. The standard InChI is InChI=1S/C30H37Cl2N2O5PS/c1-2-40-30(17-27(35)36)16-25(21-5-3-6-23(32)15-21)28(20-11-13-22(31)14-12-20)34(29(30)37)26(19-9-10-19)18-33-41(38,39)24-7-4-8-24/h3,5-6,11-15,19,24-26,28,33,40H,2,4,7-10,16-18H2,1H3,(H,35,36). The predicted molar refractivity (Wildman–Crippen MR) is 165 cm³/mol. The van der Waals surface area contributed by atoms with Gasteiger partial charge in [0.1, 0.15) is 0 Å². The number of carbonyl (C=O) groups is 2. The molecule has 5 atom stereocenters. The van der Waals surface area contributed by atoms with Gasteiger partial charge in [-0.2, -0.15) is 0 Å². The Morgan fingerprint density at radius 3 is 2.37 bits per heavy atom. The maximum absolute atomic E-state index is 14.8. The van der Waals surface area contributed by atoms with E-state index in [0.717, 1.165) is 30.4 Å². The van der Waals surface area contributed by atoms with Crippen LogP contribution >= 0.6 is 31.8 Å². The molecule has 0 spiro atoms. The van der Waals surface area contributed by atoms with Crippen LogP contribution in [-0.2, 0) is 19.6 Å². The molecule has 0 radical (unpaired) electrons. The molecular formula is C30H37Cl2N2O5PS. The number of carboxylic acids is 1. The molecule has 2 saturated carbocycles. The molecule has 11 heteroatoms. The summed E-state index contributed by atoms with van der Waals surface area (Å²) in [6.07, 6.45) is 4.73. The van der Waals surface area contributed by atoms with Crippen LogP contribution in [0, 0.1) is 5.92 Å². The van der Waals surface area contributed by atoms with Crippen LogP contribution in [0.15, 0.2) is 48.5 Å². The summed E-state index contributed by atoms with van der Waals surface area (Å²) in [5.41, 5.74) is 1.80. The quantitative estimate of drug-likeness (QED) is 0.269. The van der Waals surface area contributed by atoms with Crippen LogP contribution in [0.3, 0.4) is 0 Å². The van der Waals surface area contributed by atoms with Gasteiger partial charge in [-0.05, 0) is 79.6 Å². The van der Waals surface area contributed by atoms with Crippen molar-refractivity contribution in [3.8, 4) is 0 Å². The van der Waals surface area contributed by atoms with E-state index in [4.69, 9.17) is 23.2 Å². The smallest absolute Gasteiger partial charge is 0.304 e. The van der Waals surface area contributed by atoms with Gasteiger partial charge in [-0.15, -0.1) is 8.58 Å². The second kappa shape index (κ2) is 12.5. The van der Waals surface area contributed by atoms with Gasteiger partial charge in [-0.25, -0.2) is 13.1 Å². The molecule has 1 aliphatic heterocycles. The Kier molecular flexibility index (Phi) is 9.37. The number of hydrogen-bond donors (Lipinski definition) is 2. The number of amides is 1. The third kappa shape index (κ3) is 6.62. The highest BCUT2D eigenvalue weighted by Gasteiger charge is 2.56. The van der Waals surface area contributed by atoms with Crippen LogP contribution in [0.4, 0.5) is 0 Å². The lowest BCUT2D eigenvalue weighted by atomic mass is 9.73. The van der Waals surface area contributed by atoms with E-state index in [1.807, 2.05) is 42.2 Å². The zero-order valence-electron chi connectivity index (χ0n) is 23.1. The van der Waals surface area contributed by atoms with Gasteiger partial charge in [0.25, 0.3) is 0 Å². The van der Waals surface area contributed by atoms with Crippen LogP contribution in [0.5, 0.6) is 0 Å². The van der Waals surface area contributed by atoms with Gasteiger partial charge in [0, 0.05) is 28.5 Å². The number of nitrogens with zero attached hydrogens (tertiary/aromatic N) is 1. The highest BCUT2D eigenvalue weighted by atomic mass is 35.5. The molecule has 7 nitrogen and oxygen atoms in total. The van der Waals surface area contributed by atoms with Crippen molar-refractivity contribution in [1.29, 1.82) is 0 Å². The molecule has 0 aromatic heterocycles. The van der Waals surface area contributed by atoms with Crippen LogP contribution in [0.25, 0.3) is 0 Å². The number of aliphatic carboxylic acids is 1. The lowest BCUT2D eigenvalue weighted by molar-refractivity contribution is -0.150. The Morgan fingerprint density at radius 1 is 1.10 bits per heavy atom. The summed E-state index contributed by atoms with van der Waals surface area (Å²) < 4.78 is 29.1. The van der Waals surface area contributed by atoms with Crippen LogP contribution < -0.4 is 4.72 Å². The molecule has 3 aliphatic rings. The SMILES string of the molecule is CCPC1(CC(=O)O)CC(c2cccc(Cl)c2)C(c2ccc(Cl)cc2)N(C(CNS(=O)(=O)C2CCC2)C2CC2)C1=O. The first-order chi connectivity index (χ1) is 19.5. The summed E-state index contributed by atoms with van der Waals surface area (Å²) in [4.78, 5) is 29.0. The van der Waals surface area contributed by atoms with Crippen molar-refractivity contribution < 1.29 is 23.1 Å². The summed E-state index contributed by atoms with van der Waals surface area (Å²) in [6, 6.07) is 14.1. The summed E-state index contributed by atoms with van der Waals surface area (Å²) in [6.45, 7) is 2.09. The summed E-state index contributed by atoms with van der Waals surface area (Å²) in [5.74, 6) is -1.33. The summed E-state index contributed by atoms with van der Waals surface area (Å²) in [5, 5.41) is 9.69. The van der Waals surface area contributed by atoms with E-state index in [1.165, 1.54) is 0 Å². The van der Waals surface area contributed by atoms with Crippen molar-refractivity contribution >= 4 is 53.7 Å². The molecule has 3 fully saturated rings. The average Bonchev–Trinajstić information content (AvgIpc) is 3.71. The fraction of sp³-hybridized carbons (Fsp3) is 0.533. The molecule has 2 aliphatic carbocycles. The molecular weight excluding hydrogens is 602 g/mol. The second-order valence-electron chi connectivity index (χ2n) is 11.6. The molecule has 2 aromatic carbocycles. The average molecular weight is 640 g/mol. The normalized spacial score (nSPS) is 26.3. The number of rotatable bonds is 12. The van der Waals surface area contributed by atoms with Crippen LogP contribution in [-0.4, -0.2) is 59.5 Å². The zero-order valence-corrected chi connectivity index (χ0v) is 26.4. The number of benzene rings is 2. The third-order valence-corrected chi connectivity index (χ3v) is 12.9. The third-order valence-electron chi connectivity index (χ3n) is 8.86. The largest absolute Gasteiger partial charge is 0.481 e. The predicted octanol–water partition coefficient (Wildman–Crippen LogP) is 6.21. The molecule has 2 N–H and O–H groups in total. The Morgan fingerprint density at radius 2 is 1.80 bits per heavy atom. The molecule has 1 heterocycles. The second-order valence-corrected chi connectivity index (χ2v) is 16.5. The Bertz CT molecular complexity index is 1380. The maximum atomic E-state index is 14.8. The monoisotopic (exact) mass is 638 g/mol. The number of piperidine rings is 1. The topological polar surface area (TPSA) is 104 Å². The van der Waals surface area contributed by atoms with Gasteiger partial charge in [0.2, 0.25) is 15.9 Å². The fourth-order valence-electron chi connectivity index (χ4n) is 6.52. The first kappa shape index (κ1) is 30.7. The van der Waals surface area contributed by atoms with Gasteiger partial charge in [0.15, 0.2) is 0 Å². The number of hydrogen-bond acceptors (Lipinski definition) is 4. The minimum absolute atomic E-state index is 0.105.